The summed E-state index contributed by atoms with van der Waals surface area (Å²) in [7, 11) is 0. The summed E-state index contributed by atoms with van der Waals surface area (Å²) < 4.78 is 5.08. The highest BCUT2D eigenvalue weighted by atomic mass is 16.5. The minimum absolute atomic E-state index is 0.0536. The maximum atomic E-state index is 11.6. The van der Waals surface area contributed by atoms with E-state index in [0.29, 0.717) is 5.69 Å². The molecule has 0 bridgehead atoms. The van der Waals surface area contributed by atoms with Gasteiger partial charge in [0.1, 0.15) is 0 Å². The lowest BCUT2D eigenvalue weighted by molar-refractivity contribution is -0.118. The van der Waals surface area contributed by atoms with E-state index in [1.807, 2.05) is 48.5 Å². The first-order valence-corrected chi connectivity index (χ1v) is 6.53. The molecule has 0 heterocycles. The average molecular weight is 280 g/mol. The number of benzene rings is 2. The Kier molecular flexibility index (Phi) is 5.29. The highest BCUT2D eigenvalue weighted by Gasteiger charge is 2.03. The Morgan fingerprint density at radius 2 is 1.67 bits per heavy atom. The lowest BCUT2D eigenvalue weighted by Crippen LogP contribution is -2.19. The molecule has 0 aliphatic carbocycles. The van der Waals surface area contributed by atoms with E-state index in [1.54, 1.807) is 18.2 Å². The molecule has 0 aliphatic heterocycles. The lowest BCUT2D eigenvalue weighted by atomic mass is 10.2. The molecule has 0 unspecified atom stereocenters. The standard InChI is InChI=1S/C17H16N2O2/c18-16(12-11-14-7-3-1-4-8-14)21-13-17(20)19-15-9-5-2-6-10-15/h1-12,18H,13H2,(H,19,20)/b12-11+,18-16?. The Balaban J connectivity index is 1.76. The first-order chi connectivity index (χ1) is 10.2. The van der Waals surface area contributed by atoms with Crippen molar-refractivity contribution < 1.29 is 9.53 Å². The summed E-state index contributed by atoms with van der Waals surface area (Å²) in [5.41, 5.74) is 1.68. The monoisotopic (exact) mass is 280 g/mol. The largest absolute Gasteiger partial charge is 0.468 e. The first-order valence-electron chi connectivity index (χ1n) is 6.53. The van der Waals surface area contributed by atoms with E-state index < -0.39 is 0 Å². The van der Waals surface area contributed by atoms with Crippen LogP contribution in [-0.4, -0.2) is 18.4 Å². The zero-order valence-corrected chi connectivity index (χ0v) is 11.5. The van der Waals surface area contributed by atoms with Crippen LogP contribution in [0.1, 0.15) is 5.56 Å². The topological polar surface area (TPSA) is 62.2 Å². The quantitative estimate of drug-likeness (QED) is 0.652. The zero-order chi connectivity index (χ0) is 14.9. The summed E-state index contributed by atoms with van der Waals surface area (Å²) >= 11 is 0. The third-order valence-corrected chi connectivity index (χ3v) is 2.64. The number of para-hydroxylation sites is 1. The van der Waals surface area contributed by atoms with E-state index in [1.165, 1.54) is 6.08 Å². The summed E-state index contributed by atoms with van der Waals surface area (Å²) in [5, 5.41) is 10.3. The second kappa shape index (κ2) is 7.65. The Bertz CT molecular complexity index is 622. The van der Waals surface area contributed by atoms with Crippen LogP contribution in [0.15, 0.2) is 66.7 Å². The zero-order valence-electron chi connectivity index (χ0n) is 11.5. The Morgan fingerprint density at radius 1 is 1.05 bits per heavy atom. The molecule has 0 radical (unpaired) electrons. The Morgan fingerprint density at radius 3 is 2.33 bits per heavy atom. The predicted octanol–water partition coefficient (Wildman–Crippen LogP) is 3.33. The molecule has 0 spiro atoms. The van der Waals surface area contributed by atoms with Crippen molar-refractivity contribution in [3.05, 3.63) is 72.3 Å². The van der Waals surface area contributed by atoms with Gasteiger partial charge in [0.15, 0.2) is 6.61 Å². The molecule has 0 saturated carbocycles. The minimum Gasteiger partial charge on any atom is -0.468 e. The van der Waals surface area contributed by atoms with E-state index in [9.17, 15) is 4.79 Å². The molecule has 2 aromatic carbocycles. The fraction of sp³-hybridized carbons (Fsp3) is 0.0588. The summed E-state index contributed by atoms with van der Waals surface area (Å²) in [6.45, 7) is -0.188. The van der Waals surface area contributed by atoms with Gasteiger partial charge in [-0.15, -0.1) is 0 Å². The average Bonchev–Trinajstić information content (AvgIpc) is 2.53. The predicted molar refractivity (Wildman–Crippen MR) is 84.2 cm³/mol. The van der Waals surface area contributed by atoms with Gasteiger partial charge in [0.05, 0.1) is 0 Å². The van der Waals surface area contributed by atoms with Gasteiger partial charge in [-0.3, -0.25) is 10.2 Å². The molecular formula is C17H16N2O2. The smallest absolute Gasteiger partial charge is 0.262 e. The lowest BCUT2D eigenvalue weighted by Gasteiger charge is -2.06. The van der Waals surface area contributed by atoms with Gasteiger partial charge < -0.3 is 10.1 Å². The van der Waals surface area contributed by atoms with Gasteiger partial charge in [0.25, 0.3) is 5.91 Å². The second-order valence-electron chi connectivity index (χ2n) is 4.31. The number of carbonyl (C=O) groups excluding carboxylic acids is 1. The third kappa shape index (κ3) is 5.32. The summed E-state index contributed by atoms with van der Waals surface area (Å²) in [6, 6.07) is 18.7. The maximum absolute atomic E-state index is 11.6. The van der Waals surface area contributed by atoms with Crippen LogP contribution in [0.25, 0.3) is 6.08 Å². The van der Waals surface area contributed by atoms with E-state index >= 15 is 0 Å². The van der Waals surface area contributed by atoms with Crippen molar-refractivity contribution in [1.29, 1.82) is 5.41 Å². The molecule has 0 saturated heterocycles. The molecule has 4 heteroatoms. The number of carbonyl (C=O) groups is 1. The van der Waals surface area contributed by atoms with Gasteiger partial charge in [-0.2, -0.15) is 0 Å². The molecule has 2 aromatic rings. The number of amides is 1. The molecule has 0 aliphatic rings. The summed E-state index contributed by atoms with van der Waals surface area (Å²) in [5.74, 6) is -0.346. The minimum atomic E-state index is -0.293. The van der Waals surface area contributed by atoms with Crippen molar-refractivity contribution in [2.45, 2.75) is 0 Å². The van der Waals surface area contributed by atoms with Crippen LogP contribution in [0.3, 0.4) is 0 Å². The highest BCUT2D eigenvalue weighted by molar-refractivity contribution is 5.95. The fourth-order valence-corrected chi connectivity index (χ4v) is 1.65. The van der Waals surface area contributed by atoms with Gasteiger partial charge in [-0.1, -0.05) is 48.5 Å². The van der Waals surface area contributed by atoms with Gasteiger partial charge in [0, 0.05) is 11.8 Å². The normalized spacial score (nSPS) is 10.3. The van der Waals surface area contributed by atoms with Crippen molar-refractivity contribution in [2.75, 3.05) is 11.9 Å². The van der Waals surface area contributed by atoms with Crippen molar-refractivity contribution in [3.63, 3.8) is 0 Å². The van der Waals surface area contributed by atoms with Crippen LogP contribution in [-0.2, 0) is 9.53 Å². The molecule has 106 valence electrons. The van der Waals surface area contributed by atoms with E-state index in [2.05, 4.69) is 5.32 Å². The molecule has 2 rings (SSSR count). The molecule has 0 atom stereocenters. The number of rotatable bonds is 5. The number of anilines is 1. The molecule has 4 nitrogen and oxygen atoms in total. The van der Waals surface area contributed by atoms with Crippen LogP contribution in [0, 0.1) is 5.41 Å². The van der Waals surface area contributed by atoms with Gasteiger partial charge >= 0.3 is 0 Å². The van der Waals surface area contributed by atoms with Crippen LogP contribution in [0.2, 0.25) is 0 Å². The number of ether oxygens (including phenoxy) is 1. The Labute approximate surface area is 123 Å². The van der Waals surface area contributed by atoms with E-state index in [0.717, 1.165) is 5.56 Å². The molecule has 21 heavy (non-hydrogen) atoms. The van der Waals surface area contributed by atoms with Gasteiger partial charge in [0.2, 0.25) is 5.90 Å². The summed E-state index contributed by atoms with van der Waals surface area (Å²) in [4.78, 5) is 11.6. The molecule has 0 fully saturated rings. The van der Waals surface area contributed by atoms with E-state index in [4.69, 9.17) is 10.1 Å². The number of nitrogens with one attached hydrogen (secondary N) is 2. The molecule has 1 amide bonds. The van der Waals surface area contributed by atoms with Crippen molar-refractivity contribution in [3.8, 4) is 0 Å². The van der Waals surface area contributed by atoms with Crippen LogP contribution < -0.4 is 5.32 Å². The molecule has 0 aromatic heterocycles. The van der Waals surface area contributed by atoms with Crippen molar-refractivity contribution in [2.24, 2.45) is 0 Å². The summed E-state index contributed by atoms with van der Waals surface area (Å²) in [6.07, 6.45) is 3.28. The fourth-order valence-electron chi connectivity index (χ4n) is 1.65. The van der Waals surface area contributed by atoms with Crippen molar-refractivity contribution in [1.82, 2.24) is 0 Å². The number of hydrogen-bond acceptors (Lipinski definition) is 3. The van der Waals surface area contributed by atoms with E-state index in [-0.39, 0.29) is 18.4 Å². The number of hydrogen-bond donors (Lipinski definition) is 2. The maximum Gasteiger partial charge on any atom is 0.262 e. The highest BCUT2D eigenvalue weighted by Crippen LogP contribution is 2.05. The van der Waals surface area contributed by atoms with Crippen LogP contribution in [0.4, 0.5) is 5.69 Å². The molecule has 2 N–H and O–H groups in total. The molecular weight excluding hydrogens is 264 g/mol. The SMILES string of the molecule is N=C(/C=C/c1ccccc1)OCC(=O)Nc1ccccc1. The van der Waals surface area contributed by atoms with Crippen LogP contribution in [0.5, 0.6) is 0 Å². The second-order valence-corrected chi connectivity index (χ2v) is 4.31. The van der Waals surface area contributed by atoms with Crippen molar-refractivity contribution >= 4 is 23.6 Å². The van der Waals surface area contributed by atoms with Gasteiger partial charge in [-0.25, -0.2) is 0 Å². The Hall–Kier alpha value is -2.88. The third-order valence-electron chi connectivity index (χ3n) is 2.64. The first kappa shape index (κ1) is 14.5. The van der Waals surface area contributed by atoms with Gasteiger partial charge in [-0.05, 0) is 23.8 Å². The van der Waals surface area contributed by atoms with Crippen LogP contribution >= 0.6 is 0 Å².